The van der Waals surface area contributed by atoms with Gasteiger partial charge >= 0.3 is 0 Å². The van der Waals surface area contributed by atoms with Crippen molar-refractivity contribution >= 4 is 17.5 Å². The highest BCUT2D eigenvalue weighted by Crippen LogP contribution is 2.15. The molecule has 0 aromatic carbocycles. The Hall–Kier alpha value is -1.82. The van der Waals surface area contributed by atoms with Crippen molar-refractivity contribution in [3.63, 3.8) is 0 Å². The normalized spacial score (nSPS) is 10.7. The molecule has 1 amide bonds. The van der Waals surface area contributed by atoms with Crippen molar-refractivity contribution in [1.82, 2.24) is 20.3 Å². The summed E-state index contributed by atoms with van der Waals surface area (Å²) in [4.78, 5) is 12.0. The third-order valence-corrected chi connectivity index (χ3v) is 3.14. The van der Waals surface area contributed by atoms with Crippen molar-refractivity contribution in [2.45, 2.75) is 33.9 Å². The first-order chi connectivity index (χ1) is 9.02. The maximum absolute atomic E-state index is 12.0. The third kappa shape index (κ3) is 2.78. The number of hydrogen-bond donors (Lipinski definition) is 1. The van der Waals surface area contributed by atoms with Crippen LogP contribution in [-0.4, -0.2) is 20.8 Å². The van der Waals surface area contributed by atoms with Crippen LogP contribution in [-0.2, 0) is 13.1 Å². The van der Waals surface area contributed by atoms with Crippen LogP contribution < -0.4 is 5.32 Å². The maximum atomic E-state index is 12.0. The van der Waals surface area contributed by atoms with Gasteiger partial charge in [0.1, 0.15) is 5.76 Å². The van der Waals surface area contributed by atoms with Crippen LogP contribution in [0.5, 0.6) is 0 Å². The summed E-state index contributed by atoms with van der Waals surface area (Å²) in [5.74, 6) is 0.389. The lowest BCUT2D eigenvalue weighted by molar-refractivity contribution is 0.0945. The number of aromatic nitrogens is 3. The summed E-state index contributed by atoms with van der Waals surface area (Å²) in [5, 5.41) is 11.0. The molecular weight excluding hydrogens is 268 g/mol. The van der Waals surface area contributed by atoms with Gasteiger partial charge in [-0.2, -0.15) is 5.10 Å². The molecule has 0 saturated carbocycles. The molecule has 0 spiro atoms. The molecule has 0 aliphatic heterocycles. The molecule has 19 heavy (non-hydrogen) atoms. The Kier molecular flexibility index (Phi) is 3.90. The molecule has 0 aliphatic rings. The van der Waals surface area contributed by atoms with E-state index in [-0.39, 0.29) is 11.6 Å². The monoisotopic (exact) mass is 282 g/mol. The molecule has 1 N–H and O–H groups in total. The molecule has 0 atom stereocenters. The highest BCUT2D eigenvalue weighted by molar-refractivity contribution is 6.33. The Morgan fingerprint density at radius 2 is 2.26 bits per heavy atom. The number of hydrogen-bond acceptors (Lipinski definition) is 4. The predicted octanol–water partition coefficient (Wildman–Crippen LogP) is 2.09. The van der Waals surface area contributed by atoms with Gasteiger partial charge in [-0.15, -0.1) is 0 Å². The van der Waals surface area contributed by atoms with E-state index in [2.05, 4.69) is 15.6 Å². The average Bonchev–Trinajstić information content (AvgIpc) is 2.91. The quantitative estimate of drug-likeness (QED) is 0.932. The SMILES string of the molecule is CCn1cc(Cl)c(C(=O)NCc2c(C)noc2C)n1. The van der Waals surface area contributed by atoms with Crippen molar-refractivity contribution < 1.29 is 9.32 Å². The fraction of sp³-hybridized carbons (Fsp3) is 0.417. The lowest BCUT2D eigenvalue weighted by Crippen LogP contribution is -2.24. The summed E-state index contributed by atoms with van der Waals surface area (Å²) in [6, 6.07) is 0. The van der Waals surface area contributed by atoms with Gasteiger partial charge in [0.25, 0.3) is 5.91 Å². The number of amides is 1. The number of aryl methyl sites for hydroxylation is 3. The number of carbonyl (C=O) groups excluding carboxylic acids is 1. The minimum atomic E-state index is -0.308. The topological polar surface area (TPSA) is 73.0 Å². The molecular formula is C12H15ClN4O2. The van der Waals surface area contributed by atoms with Gasteiger partial charge in [-0.25, -0.2) is 0 Å². The van der Waals surface area contributed by atoms with Crippen molar-refractivity contribution in [1.29, 1.82) is 0 Å². The molecule has 0 radical (unpaired) electrons. The lowest BCUT2D eigenvalue weighted by atomic mass is 10.2. The number of nitrogens with one attached hydrogen (secondary N) is 1. The smallest absolute Gasteiger partial charge is 0.273 e. The second kappa shape index (κ2) is 5.44. The molecule has 0 fully saturated rings. The highest BCUT2D eigenvalue weighted by Gasteiger charge is 2.16. The Morgan fingerprint density at radius 3 is 2.79 bits per heavy atom. The number of rotatable bonds is 4. The van der Waals surface area contributed by atoms with Crippen LogP contribution in [0.25, 0.3) is 0 Å². The van der Waals surface area contributed by atoms with Crippen molar-refractivity contribution in [2.24, 2.45) is 0 Å². The van der Waals surface area contributed by atoms with Crippen molar-refractivity contribution in [2.75, 3.05) is 0 Å². The first-order valence-corrected chi connectivity index (χ1v) is 6.33. The Balaban J connectivity index is 2.07. The van der Waals surface area contributed by atoms with E-state index in [9.17, 15) is 4.79 Å². The molecule has 102 valence electrons. The number of halogens is 1. The van der Waals surface area contributed by atoms with E-state index < -0.39 is 0 Å². The first kappa shape index (κ1) is 13.6. The molecule has 2 aromatic rings. The molecule has 2 aromatic heterocycles. The minimum Gasteiger partial charge on any atom is -0.361 e. The highest BCUT2D eigenvalue weighted by atomic mass is 35.5. The van der Waals surface area contributed by atoms with Crippen LogP contribution in [0, 0.1) is 13.8 Å². The Bertz CT molecular complexity index is 583. The molecule has 7 heteroatoms. The average molecular weight is 283 g/mol. The lowest BCUT2D eigenvalue weighted by Gasteiger charge is -2.03. The third-order valence-electron chi connectivity index (χ3n) is 2.86. The summed E-state index contributed by atoms with van der Waals surface area (Å²) >= 11 is 5.97. The molecule has 0 bridgehead atoms. The fourth-order valence-electron chi connectivity index (χ4n) is 1.72. The van der Waals surface area contributed by atoms with Gasteiger partial charge in [-0.1, -0.05) is 16.8 Å². The van der Waals surface area contributed by atoms with Gasteiger partial charge in [0.15, 0.2) is 5.69 Å². The van der Waals surface area contributed by atoms with E-state index in [1.54, 1.807) is 17.8 Å². The van der Waals surface area contributed by atoms with Crippen LogP contribution in [0.2, 0.25) is 5.02 Å². The molecule has 2 heterocycles. The standard InChI is InChI=1S/C12H15ClN4O2/c1-4-17-6-10(13)11(15-17)12(18)14-5-9-7(2)16-19-8(9)3/h6H,4-5H2,1-3H3,(H,14,18). The van der Waals surface area contributed by atoms with Gasteiger partial charge in [-0.3, -0.25) is 9.48 Å². The van der Waals surface area contributed by atoms with Gasteiger partial charge in [0, 0.05) is 24.8 Å². The van der Waals surface area contributed by atoms with Crippen molar-refractivity contribution in [3.8, 4) is 0 Å². The first-order valence-electron chi connectivity index (χ1n) is 5.95. The second-order valence-electron chi connectivity index (χ2n) is 4.17. The van der Waals surface area contributed by atoms with E-state index in [1.807, 2.05) is 13.8 Å². The molecule has 0 saturated heterocycles. The summed E-state index contributed by atoms with van der Waals surface area (Å²) in [6.45, 7) is 6.57. The van der Waals surface area contributed by atoms with Crippen LogP contribution in [0.15, 0.2) is 10.7 Å². The number of carbonyl (C=O) groups is 1. The summed E-state index contributed by atoms with van der Waals surface area (Å²) in [6.07, 6.45) is 1.63. The zero-order valence-electron chi connectivity index (χ0n) is 11.0. The summed E-state index contributed by atoms with van der Waals surface area (Å²) < 4.78 is 6.65. The van der Waals surface area contributed by atoms with E-state index in [1.165, 1.54) is 0 Å². The fourth-order valence-corrected chi connectivity index (χ4v) is 1.96. The van der Waals surface area contributed by atoms with Crippen LogP contribution in [0.3, 0.4) is 0 Å². The molecule has 6 nitrogen and oxygen atoms in total. The molecule has 0 aliphatic carbocycles. The summed E-state index contributed by atoms with van der Waals surface area (Å²) in [5.41, 5.74) is 1.87. The molecule has 2 rings (SSSR count). The van der Waals surface area contributed by atoms with Gasteiger partial charge in [0.2, 0.25) is 0 Å². The molecule has 0 unspecified atom stereocenters. The van der Waals surface area contributed by atoms with Crippen LogP contribution >= 0.6 is 11.6 Å². The summed E-state index contributed by atoms with van der Waals surface area (Å²) in [7, 11) is 0. The zero-order chi connectivity index (χ0) is 14.0. The van der Waals surface area contributed by atoms with Crippen LogP contribution in [0.4, 0.5) is 0 Å². The van der Waals surface area contributed by atoms with E-state index in [4.69, 9.17) is 16.1 Å². The van der Waals surface area contributed by atoms with E-state index in [0.29, 0.717) is 23.9 Å². The van der Waals surface area contributed by atoms with E-state index in [0.717, 1.165) is 11.3 Å². The van der Waals surface area contributed by atoms with Crippen molar-refractivity contribution in [3.05, 3.63) is 33.9 Å². The van der Waals surface area contributed by atoms with E-state index >= 15 is 0 Å². The predicted molar refractivity (Wildman–Crippen MR) is 70.1 cm³/mol. The zero-order valence-corrected chi connectivity index (χ0v) is 11.8. The Morgan fingerprint density at radius 1 is 1.53 bits per heavy atom. The Labute approximate surface area is 115 Å². The maximum Gasteiger partial charge on any atom is 0.273 e. The van der Waals surface area contributed by atoms with Crippen LogP contribution in [0.1, 0.15) is 34.4 Å². The van der Waals surface area contributed by atoms with Gasteiger partial charge in [0.05, 0.1) is 10.7 Å². The number of nitrogens with zero attached hydrogens (tertiary/aromatic N) is 3. The van der Waals surface area contributed by atoms with Gasteiger partial charge in [-0.05, 0) is 20.8 Å². The second-order valence-corrected chi connectivity index (χ2v) is 4.57. The van der Waals surface area contributed by atoms with Gasteiger partial charge < -0.3 is 9.84 Å². The largest absolute Gasteiger partial charge is 0.361 e. The minimum absolute atomic E-state index is 0.232.